The predicted octanol–water partition coefficient (Wildman–Crippen LogP) is 2.87. The van der Waals surface area contributed by atoms with Crippen molar-refractivity contribution >= 4 is 52.1 Å². The fraction of sp³-hybridized carbons (Fsp3) is 0.125. The van der Waals surface area contributed by atoms with Gasteiger partial charge >= 0.3 is 5.00 Å². The molecule has 1 atom stereocenters. The number of rotatable bonds is 1. The molecule has 0 saturated carbocycles. The van der Waals surface area contributed by atoms with Gasteiger partial charge < -0.3 is 5.32 Å². The molecule has 1 N–H and O–H groups in total. The van der Waals surface area contributed by atoms with Crippen LogP contribution in [0.1, 0.15) is 0 Å². The Morgan fingerprint density at radius 3 is 2.65 bits per heavy atom. The Morgan fingerprint density at radius 1 is 1.41 bits per heavy atom. The Labute approximate surface area is 116 Å². The number of nitrogens with one attached hydrogen (secondary N) is 1. The molecular formula is C8H3Cl4N3O2. The van der Waals surface area contributed by atoms with Crippen molar-refractivity contribution < 1.29 is 4.92 Å². The average molecular weight is 315 g/mol. The summed E-state index contributed by atoms with van der Waals surface area (Å²) in [5.41, 5.74) is 0.623. The second kappa shape index (κ2) is 4.17. The summed E-state index contributed by atoms with van der Waals surface area (Å²) in [7, 11) is 0. The molecule has 9 heteroatoms. The van der Waals surface area contributed by atoms with Crippen molar-refractivity contribution in [3.05, 3.63) is 43.3 Å². The minimum absolute atomic E-state index is 0.0442. The van der Waals surface area contributed by atoms with Crippen molar-refractivity contribution in [1.82, 2.24) is 5.32 Å². The van der Waals surface area contributed by atoms with Crippen LogP contribution in [0, 0.1) is 10.1 Å². The molecule has 0 aromatic carbocycles. The van der Waals surface area contributed by atoms with Crippen LogP contribution in [0.4, 0.5) is 0 Å². The molecule has 0 spiro atoms. The van der Waals surface area contributed by atoms with Crippen LogP contribution < -0.4 is 5.32 Å². The first-order chi connectivity index (χ1) is 7.84. The first kappa shape index (κ1) is 12.7. The van der Waals surface area contributed by atoms with Crippen LogP contribution in [0.5, 0.6) is 0 Å². The molecule has 1 aliphatic carbocycles. The highest BCUT2D eigenvalue weighted by Gasteiger charge is 2.46. The number of aliphatic imine (C=N–C) groups is 1. The van der Waals surface area contributed by atoms with E-state index in [0.717, 1.165) is 6.08 Å². The van der Waals surface area contributed by atoms with Crippen LogP contribution in [-0.4, -0.2) is 15.6 Å². The van der Waals surface area contributed by atoms with Crippen LogP contribution in [0.3, 0.4) is 0 Å². The van der Waals surface area contributed by atoms with Gasteiger partial charge in [-0.05, 0) is 17.7 Å². The van der Waals surface area contributed by atoms with E-state index in [9.17, 15) is 10.1 Å². The lowest BCUT2D eigenvalue weighted by molar-refractivity contribution is -0.515. The number of alkyl halides is 1. The molecule has 0 aromatic rings. The molecule has 0 bridgehead atoms. The molecule has 90 valence electrons. The third kappa shape index (κ3) is 2.04. The minimum atomic E-state index is -2.01. The molecule has 2 aliphatic rings. The Hall–Kier alpha value is -0.750. The lowest BCUT2D eigenvalue weighted by Gasteiger charge is -2.24. The summed E-state index contributed by atoms with van der Waals surface area (Å²) in [5, 5.41) is 13.5. The average Bonchev–Trinajstić information content (AvgIpc) is 2.23. The number of hydrogen-bond donors (Lipinski definition) is 1. The molecule has 0 saturated heterocycles. The van der Waals surface area contributed by atoms with Gasteiger partial charge in [0.05, 0.1) is 16.3 Å². The van der Waals surface area contributed by atoms with Crippen molar-refractivity contribution in [3.63, 3.8) is 0 Å². The van der Waals surface area contributed by atoms with Gasteiger partial charge in [-0.3, -0.25) is 10.1 Å². The van der Waals surface area contributed by atoms with E-state index in [2.05, 4.69) is 10.3 Å². The van der Waals surface area contributed by atoms with Gasteiger partial charge in [-0.2, -0.15) is 0 Å². The van der Waals surface area contributed by atoms with Crippen LogP contribution >= 0.6 is 46.4 Å². The largest absolute Gasteiger partial charge is 0.351 e. The summed E-state index contributed by atoms with van der Waals surface area (Å²) in [6.07, 6.45) is 2.40. The fourth-order valence-electron chi connectivity index (χ4n) is 1.29. The Morgan fingerprint density at radius 2 is 2.06 bits per heavy atom. The Kier molecular flexibility index (Phi) is 3.12. The first-order valence-electron chi connectivity index (χ1n) is 4.20. The topological polar surface area (TPSA) is 67.5 Å². The van der Waals surface area contributed by atoms with Gasteiger partial charge in [0, 0.05) is 6.08 Å². The molecule has 0 radical (unpaired) electrons. The van der Waals surface area contributed by atoms with Gasteiger partial charge in [-0.1, -0.05) is 34.8 Å². The number of fused-ring (bicyclic) bond motifs is 1. The molecule has 5 nitrogen and oxygen atoms in total. The lowest BCUT2D eigenvalue weighted by atomic mass is 10.0. The summed E-state index contributed by atoms with van der Waals surface area (Å²) in [6.45, 7) is 0. The van der Waals surface area contributed by atoms with E-state index < -0.39 is 9.92 Å². The van der Waals surface area contributed by atoms with Crippen LogP contribution in [-0.2, 0) is 0 Å². The van der Waals surface area contributed by atoms with E-state index in [4.69, 9.17) is 46.4 Å². The lowest BCUT2D eigenvalue weighted by Crippen LogP contribution is -2.37. The number of hydrogen-bond acceptors (Lipinski definition) is 4. The number of nitro groups is 1. The van der Waals surface area contributed by atoms with Crippen LogP contribution in [0.25, 0.3) is 0 Å². The zero-order valence-electron chi connectivity index (χ0n) is 7.88. The zero-order chi connectivity index (χ0) is 12.8. The van der Waals surface area contributed by atoms with Gasteiger partial charge in [0.25, 0.3) is 0 Å². The Bertz CT molecular complexity index is 537. The SMILES string of the molecule is O=[N+]([O-])C1(Cl)C=C2NC(Cl)=C(Cl)N=C2C=C1Cl. The standard InChI is InChI=1S/C8H3Cl4N3O2/c9-5-1-3-4(2-8(5,12)15(16)17)14-7(11)6(10)13-3/h1-2,14H. The highest BCUT2D eigenvalue weighted by atomic mass is 35.5. The zero-order valence-corrected chi connectivity index (χ0v) is 10.9. The molecule has 0 aromatic heterocycles. The molecule has 17 heavy (non-hydrogen) atoms. The third-order valence-corrected chi connectivity index (χ3v) is 3.71. The minimum Gasteiger partial charge on any atom is -0.342 e. The maximum atomic E-state index is 10.9. The molecule has 0 fully saturated rings. The summed E-state index contributed by atoms with van der Waals surface area (Å²) >= 11 is 23.0. The maximum Gasteiger partial charge on any atom is 0.351 e. The van der Waals surface area contributed by atoms with E-state index in [1.807, 2.05) is 0 Å². The number of halogens is 4. The van der Waals surface area contributed by atoms with Crippen LogP contribution in [0.15, 0.2) is 38.2 Å². The first-order valence-corrected chi connectivity index (χ1v) is 5.71. The van der Waals surface area contributed by atoms with Crippen molar-refractivity contribution in [2.45, 2.75) is 5.00 Å². The third-order valence-electron chi connectivity index (χ3n) is 2.12. The van der Waals surface area contributed by atoms with Gasteiger partial charge in [0.15, 0.2) is 5.16 Å². The van der Waals surface area contributed by atoms with Crippen molar-refractivity contribution in [1.29, 1.82) is 0 Å². The normalized spacial score (nSPS) is 27.6. The van der Waals surface area contributed by atoms with Crippen LogP contribution in [0.2, 0.25) is 0 Å². The maximum absolute atomic E-state index is 10.9. The van der Waals surface area contributed by atoms with Gasteiger partial charge in [0.2, 0.25) is 0 Å². The summed E-state index contributed by atoms with van der Waals surface area (Å²) in [4.78, 5) is 12.1. The smallest absolute Gasteiger partial charge is 0.342 e. The molecule has 1 heterocycles. The second-order valence-electron chi connectivity index (χ2n) is 3.21. The summed E-state index contributed by atoms with van der Waals surface area (Å²) in [5.74, 6) is 0. The van der Waals surface area contributed by atoms with Gasteiger partial charge in [-0.15, -0.1) is 0 Å². The van der Waals surface area contributed by atoms with E-state index in [-0.39, 0.29) is 21.0 Å². The molecule has 1 unspecified atom stereocenters. The molecule has 1 aliphatic heterocycles. The number of allylic oxidation sites excluding steroid dienone is 1. The van der Waals surface area contributed by atoms with E-state index in [1.54, 1.807) is 0 Å². The molecular weight excluding hydrogens is 312 g/mol. The predicted molar refractivity (Wildman–Crippen MR) is 66.9 cm³/mol. The fourth-order valence-corrected chi connectivity index (χ4v) is 1.96. The second-order valence-corrected chi connectivity index (χ2v) is 4.93. The van der Waals surface area contributed by atoms with Crippen molar-refractivity contribution in [2.24, 2.45) is 4.99 Å². The van der Waals surface area contributed by atoms with E-state index in [0.29, 0.717) is 5.71 Å². The highest BCUT2D eigenvalue weighted by Crippen LogP contribution is 2.37. The Balaban J connectivity index is 2.53. The summed E-state index contributed by atoms with van der Waals surface area (Å²) in [6, 6.07) is 0. The van der Waals surface area contributed by atoms with E-state index in [1.165, 1.54) is 6.08 Å². The van der Waals surface area contributed by atoms with Gasteiger partial charge in [-0.25, -0.2) is 4.99 Å². The van der Waals surface area contributed by atoms with Gasteiger partial charge in [0.1, 0.15) is 10.2 Å². The quantitative estimate of drug-likeness (QED) is 0.350. The highest BCUT2D eigenvalue weighted by molar-refractivity contribution is 6.44. The monoisotopic (exact) mass is 313 g/mol. The molecule has 2 rings (SSSR count). The molecule has 0 amide bonds. The summed E-state index contributed by atoms with van der Waals surface area (Å²) < 4.78 is 0. The number of nitrogens with zero attached hydrogens (tertiary/aromatic N) is 2. The van der Waals surface area contributed by atoms with E-state index >= 15 is 0 Å². The van der Waals surface area contributed by atoms with Crippen molar-refractivity contribution in [3.8, 4) is 0 Å². The van der Waals surface area contributed by atoms with Crippen molar-refractivity contribution in [2.75, 3.05) is 0 Å².